The summed E-state index contributed by atoms with van der Waals surface area (Å²) in [4.78, 5) is 2.15. The molecule has 0 unspecified atom stereocenters. The number of nitrogen functional groups attached to an aromatic ring is 1. The number of nitrogens with two attached hydrogens (primary N) is 1. The fraction of sp³-hybridized carbons (Fsp3) is 0.278. The van der Waals surface area contributed by atoms with Crippen LogP contribution in [0, 0.1) is 26.2 Å². The highest BCUT2D eigenvalue weighted by molar-refractivity contribution is 6.00. The molecule has 110 valence electrons. The van der Waals surface area contributed by atoms with Gasteiger partial charge in [-0.15, -0.1) is 0 Å². The maximum atomic E-state index is 7.71. The van der Waals surface area contributed by atoms with Crippen LogP contribution in [0.25, 0.3) is 0 Å². The van der Waals surface area contributed by atoms with Crippen LogP contribution in [-0.2, 0) is 6.54 Å². The van der Waals surface area contributed by atoms with E-state index in [4.69, 9.17) is 11.1 Å². The van der Waals surface area contributed by atoms with Crippen molar-refractivity contribution in [1.29, 1.82) is 5.41 Å². The molecule has 0 aromatic heterocycles. The Bertz CT molecular complexity index is 651. The summed E-state index contributed by atoms with van der Waals surface area (Å²) in [5.74, 6) is 0.106. The topological polar surface area (TPSA) is 53.1 Å². The lowest BCUT2D eigenvalue weighted by Gasteiger charge is -2.24. The summed E-state index contributed by atoms with van der Waals surface area (Å²) < 4.78 is 0. The third-order valence-electron chi connectivity index (χ3n) is 3.84. The van der Waals surface area contributed by atoms with Crippen molar-refractivity contribution in [3.05, 3.63) is 64.2 Å². The quantitative estimate of drug-likeness (QED) is 0.665. The second kappa shape index (κ2) is 6.00. The molecule has 0 saturated heterocycles. The van der Waals surface area contributed by atoms with Gasteiger partial charge >= 0.3 is 0 Å². The average molecular weight is 281 g/mol. The van der Waals surface area contributed by atoms with Crippen LogP contribution < -0.4 is 10.6 Å². The van der Waals surface area contributed by atoms with Crippen molar-refractivity contribution in [3.8, 4) is 0 Å². The number of nitrogens with one attached hydrogen (secondary N) is 1. The van der Waals surface area contributed by atoms with E-state index < -0.39 is 0 Å². The standard InChI is InChI=1S/C18H23N3/c1-12-9-13(2)16(14(3)10-12)11-21(4)17-8-6-5-7-15(17)18(19)20/h5-10H,11H2,1-4H3,(H3,19,20). The zero-order chi connectivity index (χ0) is 15.6. The van der Waals surface area contributed by atoms with Gasteiger partial charge in [0.25, 0.3) is 0 Å². The minimum absolute atomic E-state index is 0.106. The lowest BCUT2D eigenvalue weighted by atomic mass is 9.99. The van der Waals surface area contributed by atoms with Crippen LogP contribution >= 0.6 is 0 Å². The average Bonchev–Trinajstić information content (AvgIpc) is 2.42. The number of amidine groups is 1. The molecule has 0 fully saturated rings. The summed E-state index contributed by atoms with van der Waals surface area (Å²) in [7, 11) is 2.04. The monoisotopic (exact) mass is 281 g/mol. The molecule has 2 aromatic carbocycles. The van der Waals surface area contributed by atoms with Crippen molar-refractivity contribution in [2.75, 3.05) is 11.9 Å². The first-order valence-electron chi connectivity index (χ1n) is 7.11. The molecule has 2 rings (SSSR count). The molecule has 0 bridgehead atoms. The molecule has 0 aliphatic rings. The number of para-hydroxylation sites is 1. The smallest absolute Gasteiger partial charge is 0.124 e. The van der Waals surface area contributed by atoms with Gasteiger partial charge in [0, 0.05) is 24.8 Å². The molecule has 3 heteroatoms. The third kappa shape index (κ3) is 3.24. The van der Waals surface area contributed by atoms with Crippen molar-refractivity contribution in [2.24, 2.45) is 5.73 Å². The molecule has 0 heterocycles. The van der Waals surface area contributed by atoms with E-state index in [-0.39, 0.29) is 5.84 Å². The van der Waals surface area contributed by atoms with Gasteiger partial charge in [-0.2, -0.15) is 0 Å². The van der Waals surface area contributed by atoms with Crippen LogP contribution in [-0.4, -0.2) is 12.9 Å². The Morgan fingerprint density at radius 1 is 1.10 bits per heavy atom. The predicted octanol–water partition coefficient (Wildman–Crippen LogP) is 3.53. The Hall–Kier alpha value is -2.29. The van der Waals surface area contributed by atoms with Gasteiger partial charge in [0.05, 0.1) is 0 Å². The molecule has 0 radical (unpaired) electrons. The number of hydrogen-bond acceptors (Lipinski definition) is 2. The van der Waals surface area contributed by atoms with E-state index in [2.05, 4.69) is 37.8 Å². The molecule has 0 spiro atoms. The first-order chi connectivity index (χ1) is 9.90. The maximum absolute atomic E-state index is 7.71. The van der Waals surface area contributed by atoms with Gasteiger partial charge in [-0.1, -0.05) is 29.8 Å². The van der Waals surface area contributed by atoms with E-state index in [1.54, 1.807) is 0 Å². The lowest BCUT2D eigenvalue weighted by molar-refractivity contribution is 0.902. The van der Waals surface area contributed by atoms with Crippen LogP contribution in [0.4, 0.5) is 5.69 Å². The Balaban J connectivity index is 2.35. The molecular formula is C18H23N3. The Kier molecular flexibility index (Phi) is 4.32. The van der Waals surface area contributed by atoms with Gasteiger partial charge in [-0.3, -0.25) is 5.41 Å². The summed E-state index contributed by atoms with van der Waals surface area (Å²) in [5, 5.41) is 7.71. The summed E-state index contributed by atoms with van der Waals surface area (Å²) in [6.07, 6.45) is 0. The van der Waals surface area contributed by atoms with Crippen molar-refractivity contribution < 1.29 is 0 Å². The molecule has 3 N–H and O–H groups in total. The minimum Gasteiger partial charge on any atom is -0.384 e. The molecule has 3 nitrogen and oxygen atoms in total. The van der Waals surface area contributed by atoms with E-state index in [0.29, 0.717) is 0 Å². The molecule has 0 atom stereocenters. The molecule has 0 amide bonds. The van der Waals surface area contributed by atoms with Gasteiger partial charge in [-0.25, -0.2) is 0 Å². The Morgan fingerprint density at radius 2 is 1.67 bits per heavy atom. The number of nitrogens with zero attached hydrogens (tertiary/aromatic N) is 1. The first-order valence-corrected chi connectivity index (χ1v) is 7.11. The second-order valence-corrected chi connectivity index (χ2v) is 5.66. The lowest BCUT2D eigenvalue weighted by Crippen LogP contribution is -2.22. The van der Waals surface area contributed by atoms with Crippen LogP contribution in [0.1, 0.15) is 27.8 Å². The van der Waals surface area contributed by atoms with Gasteiger partial charge in [0.1, 0.15) is 5.84 Å². The van der Waals surface area contributed by atoms with Crippen LogP contribution in [0.15, 0.2) is 36.4 Å². The Labute approximate surface area is 126 Å². The molecular weight excluding hydrogens is 258 g/mol. The molecule has 2 aromatic rings. The van der Waals surface area contributed by atoms with Crippen molar-refractivity contribution in [1.82, 2.24) is 0 Å². The number of aryl methyl sites for hydroxylation is 3. The first kappa shape index (κ1) is 15.1. The highest BCUT2D eigenvalue weighted by atomic mass is 15.1. The van der Waals surface area contributed by atoms with Crippen molar-refractivity contribution in [3.63, 3.8) is 0 Å². The third-order valence-corrected chi connectivity index (χ3v) is 3.84. The number of rotatable bonds is 4. The normalized spacial score (nSPS) is 10.5. The van der Waals surface area contributed by atoms with Crippen molar-refractivity contribution in [2.45, 2.75) is 27.3 Å². The maximum Gasteiger partial charge on any atom is 0.124 e. The minimum atomic E-state index is 0.106. The largest absolute Gasteiger partial charge is 0.384 e. The number of benzene rings is 2. The van der Waals surface area contributed by atoms with E-state index >= 15 is 0 Å². The van der Waals surface area contributed by atoms with Gasteiger partial charge in [-0.05, 0) is 49.6 Å². The second-order valence-electron chi connectivity index (χ2n) is 5.66. The summed E-state index contributed by atoms with van der Waals surface area (Å²) in [5.41, 5.74) is 12.7. The highest BCUT2D eigenvalue weighted by Gasteiger charge is 2.12. The van der Waals surface area contributed by atoms with E-state index in [0.717, 1.165) is 17.8 Å². The highest BCUT2D eigenvalue weighted by Crippen LogP contribution is 2.24. The van der Waals surface area contributed by atoms with E-state index in [1.807, 2.05) is 31.3 Å². The van der Waals surface area contributed by atoms with E-state index in [1.165, 1.54) is 22.3 Å². The number of anilines is 1. The fourth-order valence-electron chi connectivity index (χ4n) is 2.82. The zero-order valence-electron chi connectivity index (χ0n) is 13.2. The van der Waals surface area contributed by atoms with E-state index in [9.17, 15) is 0 Å². The molecule has 0 aliphatic carbocycles. The van der Waals surface area contributed by atoms with Gasteiger partial charge < -0.3 is 10.6 Å². The van der Waals surface area contributed by atoms with Crippen LogP contribution in [0.5, 0.6) is 0 Å². The van der Waals surface area contributed by atoms with Gasteiger partial charge in [0.2, 0.25) is 0 Å². The molecule has 0 aliphatic heterocycles. The molecule has 21 heavy (non-hydrogen) atoms. The van der Waals surface area contributed by atoms with Crippen LogP contribution in [0.3, 0.4) is 0 Å². The zero-order valence-corrected chi connectivity index (χ0v) is 13.2. The van der Waals surface area contributed by atoms with Gasteiger partial charge in [0.15, 0.2) is 0 Å². The summed E-state index contributed by atoms with van der Waals surface area (Å²) in [6, 6.07) is 12.2. The predicted molar refractivity (Wildman–Crippen MR) is 90.2 cm³/mol. The summed E-state index contributed by atoms with van der Waals surface area (Å²) in [6.45, 7) is 7.24. The summed E-state index contributed by atoms with van der Waals surface area (Å²) >= 11 is 0. The SMILES string of the molecule is Cc1cc(C)c(CN(C)c2ccccc2C(=N)N)c(C)c1. The molecule has 0 saturated carbocycles. The van der Waals surface area contributed by atoms with Crippen LogP contribution in [0.2, 0.25) is 0 Å². The van der Waals surface area contributed by atoms with Crippen molar-refractivity contribution >= 4 is 11.5 Å². The Morgan fingerprint density at radius 3 is 2.24 bits per heavy atom. The fourth-order valence-corrected chi connectivity index (χ4v) is 2.82. The number of hydrogen-bond donors (Lipinski definition) is 2.